The van der Waals surface area contributed by atoms with Gasteiger partial charge in [-0.3, -0.25) is 4.79 Å². The molecule has 18 heavy (non-hydrogen) atoms. The molecular formula is C11H8ClF5O. The Hall–Kier alpha value is -1.17. The molecule has 0 saturated heterocycles. The molecule has 0 heterocycles. The van der Waals surface area contributed by atoms with E-state index in [9.17, 15) is 26.7 Å². The molecule has 1 aromatic rings. The fourth-order valence-corrected chi connectivity index (χ4v) is 1.68. The van der Waals surface area contributed by atoms with E-state index in [0.717, 1.165) is 12.1 Å². The maximum absolute atomic E-state index is 12.7. The summed E-state index contributed by atoms with van der Waals surface area (Å²) in [5.41, 5.74) is -3.25. The molecule has 0 aliphatic carbocycles. The quantitative estimate of drug-likeness (QED) is 0.454. The SMILES string of the molecule is O=C(CCCl)c1c(C(F)F)cccc1C(F)(F)F. The second-order valence-electron chi connectivity index (χ2n) is 3.43. The van der Waals surface area contributed by atoms with Gasteiger partial charge >= 0.3 is 6.18 Å². The van der Waals surface area contributed by atoms with E-state index in [1.54, 1.807) is 0 Å². The Labute approximate surface area is 105 Å². The molecular weight excluding hydrogens is 279 g/mol. The Morgan fingerprint density at radius 1 is 1.28 bits per heavy atom. The summed E-state index contributed by atoms with van der Waals surface area (Å²) in [6.45, 7) is 0. The summed E-state index contributed by atoms with van der Waals surface area (Å²) in [6, 6.07) is 2.26. The Morgan fingerprint density at radius 3 is 2.33 bits per heavy atom. The van der Waals surface area contributed by atoms with Crippen LogP contribution in [0, 0.1) is 0 Å². The minimum Gasteiger partial charge on any atom is -0.294 e. The van der Waals surface area contributed by atoms with Crippen LogP contribution in [0.25, 0.3) is 0 Å². The molecule has 0 saturated carbocycles. The second-order valence-corrected chi connectivity index (χ2v) is 3.81. The van der Waals surface area contributed by atoms with Crippen LogP contribution in [0.1, 0.15) is 34.3 Å². The first-order valence-electron chi connectivity index (χ1n) is 4.86. The lowest BCUT2D eigenvalue weighted by Gasteiger charge is -2.15. The first-order chi connectivity index (χ1) is 8.29. The molecule has 1 rings (SSSR count). The predicted octanol–water partition coefficient (Wildman–Crippen LogP) is 4.45. The van der Waals surface area contributed by atoms with Crippen molar-refractivity contribution in [1.29, 1.82) is 0 Å². The van der Waals surface area contributed by atoms with Crippen molar-refractivity contribution in [3.05, 3.63) is 34.9 Å². The standard InChI is InChI=1S/C11H8ClF5O/c12-5-4-8(18)9-6(10(13)14)2-1-3-7(9)11(15,16)17/h1-3,10H,4-5H2. The molecule has 0 spiro atoms. The summed E-state index contributed by atoms with van der Waals surface area (Å²) < 4.78 is 63.3. The van der Waals surface area contributed by atoms with Crippen LogP contribution in [-0.2, 0) is 6.18 Å². The van der Waals surface area contributed by atoms with E-state index < -0.39 is 41.5 Å². The average molecular weight is 287 g/mol. The molecule has 0 atom stereocenters. The maximum Gasteiger partial charge on any atom is 0.417 e. The molecule has 7 heteroatoms. The number of ketones is 1. The summed E-state index contributed by atoms with van der Waals surface area (Å²) >= 11 is 5.26. The zero-order chi connectivity index (χ0) is 13.9. The van der Waals surface area contributed by atoms with Crippen LogP contribution in [0.2, 0.25) is 0 Å². The van der Waals surface area contributed by atoms with E-state index in [2.05, 4.69) is 0 Å². The highest BCUT2D eigenvalue weighted by atomic mass is 35.5. The summed E-state index contributed by atoms with van der Waals surface area (Å²) in [6.07, 6.45) is -8.43. The Balaban J connectivity index is 3.44. The topological polar surface area (TPSA) is 17.1 Å². The van der Waals surface area contributed by atoms with Gasteiger partial charge in [-0.05, 0) is 6.07 Å². The van der Waals surface area contributed by atoms with E-state index in [4.69, 9.17) is 11.6 Å². The zero-order valence-corrected chi connectivity index (χ0v) is 9.66. The van der Waals surface area contributed by atoms with Gasteiger partial charge in [0.2, 0.25) is 0 Å². The maximum atomic E-state index is 12.7. The Morgan fingerprint density at radius 2 is 1.89 bits per heavy atom. The molecule has 1 nitrogen and oxygen atoms in total. The highest BCUT2D eigenvalue weighted by Gasteiger charge is 2.37. The number of carbonyl (C=O) groups excluding carboxylic acids is 1. The lowest BCUT2D eigenvalue weighted by Crippen LogP contribution is -2.16. The van der Waals surface area contributed by atoms with E-state index in [1.165, 1.54) is 0 Å². The fraction of sp³-hybridized carbons (Fsp3) is 0.364. The van der Waals surface area contributed by atoms with Crippen LogP contribution in [0.5, 0.6) is 0 Å². The van der Waals surface area contributed by atoms with Gasteiger partial charge in [0.05, 0.1) is 5.56 Å². The first-order valence-corrected chi connectivity index (χ1v) is 5.40. The third-order valence-corrected chi connectivity index (χ3v) is 2.43. The number of alkyl halides is 6. The minimum atomic E-state index is -4.86. The van der Waals surface area contributed by atoms with E-state index >= 15 is 0 Å². The van der Waals surface area contributed by atoms with Crippen LogP contribution in [0.15, 0.2) is 18.2 Å². The number of benzene rings is 1. The van der Waals surface area contributed by atoms with E-state index in [-0.39, 0.29) is 5.88 Å². The normalized spacial score (nSPS) is 11.9. The van der Waals surface area contributed by atoms with Gasteiger partial charge < -0.3 is 0 Å². The predicted molar refractivity (Wildman–Crippen MR) is 56.1 cm³/mol. The van der Waals surface area contributed by atoms with Crippen molar-refractivity contribution in [1.82, 2.24) is 0 Å². The molecule has 0 amide bonds. The fourth-order valence-electron chi connectivity index (χ4n) is 1.51. The number of halogens is 6. The van der Waals surface area contributed by atoms with Gasteiger partial charge in [-0.15, -0.1) is 11.6 Å². The van der Waals surface area contributed by atoms with Crippen LogP contribution >= 0.6 is 11.6 Å². The van der Waals surface area contributed by atoms with E-state index in [0.29, 0.717) is 6.07 Å². The average Bonchev–Trinajstić information content (AvgIpc) is 2.27. The number of hydrogen-bond donors (Lipinski definition) is 0. The molecule has 0 aromatic heterocycles. The van der Waals surface area contributed by atoms with Gasteiger partial charge in [-0.25, -0.2) is 8.78 Å². The molecule has 100 valence electrons. The largest absolute Gasteiger partial charge is 0.417 e. The minimum absolute atomic E-state index is 0.228. The summed E-state index contributed by atoms with van der Waals surface area (Å²) in [5.74, 6) is -1.26. The van der Waals surface area contributed by atoms with Crippen LogP contribution in [0.4, 0.5) is 22.0 Å². The summed E-state index contributed by atoms with van der Waals surface area (Å²) in [4.78, 5) is 11.5. The number of Topliss-reactive ketones (excluding diaryl/α,β-unsaturated/α-hetero) is 1. The lowest BCUT2D eigenvalue weighted by atomic mass is 9.96. The molecule has 0 radical (unpaired) electrons. The van der Waals surface area contributed by atoms with Gasteiger partial charge in [-0.2, -0.15) is 13.2 Å². The van der Waals surface area contributed by atoms with Crippen molar-refractivity contribution in [3.63, 3.8) is 0 Å². The summed E-state index contributed by atoms with van der Waals surface area (Å²) in [7, 11) is 0. The van der Waals surface area contributed by atoms with Crippen LogP contribution in [0.3, 0.4) is 0 Å². The van der Waals surface area contributed by atoms with Crippen molar-refractivity contribution in [3.8, 4) is 0 Å². The molecule has 1 aromatic carbocycles. The molecule has 0 fully saturated rings. The van der Waals surface area contributed by atoms with Crippen molar-refractivity contribution in [2.24, 2.45) is 0 Å². The van der Waals surface area contributed by atoms with Crippen molar-refractivity contribution >= 4 is 17.4 Å². The Bertz CT molecular complexity index is 442. The molecule has 0 bridgehead atoms. The van der Waals surface area contributed by atoms with Crippen LogP contribution < -0.4 is 0 Å². The molecule has 0 aliphatic heterocycles. The highest BCUT2D eigenvalue weighted by molar-refractivity contribution is 6.19. The monoisotopic (exact) mass is 286 g/mol. The molecule has 0 unspecified atom stereocenters. The third kappa shape index (κ3) is 3.19. The van der Waals surface area contributed by atoms with Crippen molar-refractivity contribution in [2.75, 3.05) is 5.88 Å². The van der Waals surface area contributed by atoms with Gasteiger partial charge in [0.1, 0.15) is 0 Å². The first kappa shape index (κ1) is 14.9. The highest BCUT2D eigenvalue weighted by Crippen LogP contribution is 2.36. The second kappa shape index (κ2) is 5.65. The Kier molecular flexibility index (Phi) is 4.67. The van der Waals surface area contributed by atoms with Crippen molar-refractivity contribution in [2.45, 2.75) is 19.0 Å². The smallest absolute Gasteiger partial charge is 0.294 e. The summed E-state index contributed by atoms with van der Waals surface area (Å²) in [5, 5.41) is 0. The van der Waals surface area contributed by atoms with E-state index in [1.807, 2.05) is 0 Å². The number of hydrogen-bond acceptors (Lipinski definition) is 1. The zero-order valence-electron chi connectivity index (χ0n) is 8.90. The van der Waals surface area contributed by atoms with Crippen LogP contribution in [-0.4, -0.2) is 11.7 Å². The van der Waals surface area contributed by atoms with Gasteiger partial charge in [0.25, 0.3) is 6.43 Å². The molecule has 0 aliphatic rings. The number of carbonyl (C=O) groups is 1. The number of rotatable bonds is 4. The molecule has 0 N–H and O–H groups in total. The van der Waals surface area contributed by atoms with Gasteiger partial charge in [0.15, 0.2) is 5.78 Å². The lowest BCUT2D eigenvalue weighted by molar-refractivity contribution is -0.138. The van der Waals surface area contributed by atoms with Crippen molar-refractivity contribution < 1.29 is 26.7 Å². The van der Waals surface area contributed by atoms with Gasteiger partial charge in [-0.1, -0.05) is 12.1 Å². The third-order valence-electron chi connectivity index (χ3n) is 2.24. The van der Waals surface area contributed by atoms with Gasteiger partial charge in [0, 0.05) is 23.4 Å².